The van der Waals surface area contributed by atoms with Gasteiger partial charge >= 0.3 is 5.97 Å². The SMILES string of the molecule is CC(C)C(NCc1ccc(-c2ccc(Cl)cc2Cl)o1)C(=O)O. The minimum absolute atomic E-state index is 0.0161. The summed E-state index contributed by atoms with van der Waals surface area (Å²) in [7, 11) is 0. The molecule has 1 aromatic carbocycles. The molecule has 4 nitrogen and oxygen atoms in total. The quantitative estimate of drug-likeness (QED) is 0.814. The van der Waals surface area contributed by atoms with Crippen molar-refractivity contribution in [1.82, 2.24) is 5.32 Å². The highest BCUT2D eigenvalue weighted by molar-refractivity contribution is 6.36. The molecule has 0 saturated carbocycles. The molecule has 0 aliphatic heterocycles. The number of carbonyl (C=O) groups is 1. The Kier molecular flexibility index (Phi) is 5.51. The highest BCUT2D eigenvalue weighted by Crippen LogP contribution is 2.31. The van der Waals surface area contributed by atoms with Crippen molar-refractivity contribution in [3.05, 3.63) is 46.1 Å². The van der Waals surface area contributed by atoms with Gasteiger partial charge in [-0.1, -0.05) is 37.0 Å². The first kappa shape index (κ1) is 16.9. The van der Waals surface area contributed by atoms with Gasteiger partial charge < -0.3 is 9.52 Å². The van der Waals surface area contributed by atoms with Crippen LogP contribution in [0.5, 0.6) is 0 Å². The summed E-state index contributed by atoms with van der Waals surface area (Å²) in [6.07, 6.45) is 0. The lowest BCUT2D eigenvalue weighted by molar-refractivity contribution is -0.140. The lowest BCUT2D eigenvalue weighted by atomic mass is 10.1. The molecule has 0 bridgehead atoms. The van der Waals surface area contributed by atoms with Crippen LogP contribution in [0.1, 0.15) is 19.6 Å². The molecule has 0 radical (unpaired) electrons. The first-order chi connectivity index (χ1) is 10.4. The highest BCUT2D eigenvalue weighted by atomic mass is 35.5. The van der Waals surface area contributed by atoms with Crippen molar-refractivity contribution in [1.29, 1.82) is 0 Å². The van der Waals surface area contributed by atoms with E-state index in [1.54, 1.807) is 30.3 Å². The molecule has 2 N–H and O–H groups in total. The van der Waals surface area contributed by atoms with Crippen LogP contribution < -0.4 is 5.32 Å². The Labute approximate surface area is 139 Å². The van der Waals surface area contributed by atoms with Crippen molar-refractivity contribution in [2.45, 2.75) is 26.4 Å². The van der Waals surface area contributed by atoms with Gasteiger partial charge in [0.25, 0.3) is 0 Å². The minimum atomic E-state index is -0.873. The molecule has 1 unspecified atom stereocenters. The summed E-state index contributed by atoms with van der Waals surface area (Å²) < 4.78 is 5.72. The maximum absolute atomic E-state index is 11.1. The van der Waals surface area contributed by atoms with E-state index in [1.165, 1.54) is 0 Å². The fourth-order valence-electron chi connectivity index (χ4n) is 2.13. The zero-order valence-corrected chi connectivity index (χ0v) is 13.8. The maximum atomic E-state index is 11.1. The molecule has 6 heteroatoms. The molecule has 1 atom stereocenters. The largest absolute Gasteiger partial charge is 0.480 e. The Morgan fingerprint density at radius 3 is 2.59 bits per heavy atom. The van der Waals surface area contributed by atoms with Crippen LogP contribution in [0.2, 0.25) is 10.0 Å². The third kappa shape index (κ3) is 4.03. The Balaban J connectivity index is 2.10. The molecule has 1 heterocycles. The van der Waals surface area contributed by atoms with Crippen LogP contribution in [0.25, 0.3) is 11.3 Å². The van der Waals surface area contributed by atoms with Crippen LogP contribution >= 0.6 is 23.2 Å². The normalized spacial score (nSPS) is 12.6. The van der Waals surface area contributed by atoms with Crippen LogP contribution in [0.15, 0.2) is 34.7 Å². The minimum Gasteiger partial charge on any atom is -0.480 e. The summed E-state index contributed by atoms with van der Waals surface area (Å²) in [5.41, 5.74) is 0.746. The zero-order chi connectivity index (χ0) is 16.3. The molecule has 2 aromatic rings. The van der Waals surface area contributed by atoms with Crippen LogP contribution in [0.3, 0.4) is 0 Å². The molecule has 118 valence electrons. The van der Waals surface area contributed by atoms with E-state index < -0.39 is 12.0 Å². The van der Waals surface area contributed by atoms with E-state index in [9.17, 15) is 4.79 Å². The van der Waals surface area contributed by atoms with E-state index in [2.05, 4.69) is 5.32 Å². The fraction of sp³-hybridized carbons (Fsp3) is 0.312. The van der Waals surface area contributed by atoms with Gasteiger partial charge in [0.2, 0.25) is 0 Å². The van der Waals surface area contributed by atoms with Crippen LogP contribution in [0.4, 0.5) is 0 Å². The highest BCUT2D eigenvalue weighted by Gasteiger charge is 2.21. The molecule has 1 aromatic heterocycles. The molecule has 0 amide bonds. The average molecular weight is 342 g/mol. The Bertz CT molecular complexity index is 667. The van der Waals surface area contributed by atoms with E-state index in [1.807, 2.05) is 13.8 Å². The molecule has 0 saturated heterocycles. The van der Waals surface area contributed by atoms with Gasteiger partial charge in [0, 0.05) is 10.6 Å². The lowest BCUT2D eigenvalue weighted by Crippen LogP contribution is -2.40. The van der Waals surface area contributed by atoms with Gasteiger partial charge in [-0.05, 0) is 36.2 Å². The number of carboxylic acids is 1. The Hall–Kier alpha value is -1.49. The van der Waals surface area contributed by atoms with Crippen LogP contribution in [0, 0.1) is 5.92 Å². The third-order valence-corrected chi connectivity index (χ3v) is 3.83. The molecular weight excluding hydrogens is 325 g/mol. The number of halogens is 2. The van der Waals surface area contributed by atoms with Crippen molar-refractivity contribution in [2.24, 2.45) is 5.92 Å². The average Bonchev–Trinajstić information content (AvgIpc) is 2.86. The lowest BCUT2D eigenvalue weighted by Gasteiger charge is -2.16. The van der Waals surface area contributed by atoms with E-state index in [0.717, 1.165) is 5.56 Å². The van der Waals surface area contributed by atoms with Crippen molar-refractivity contribution in [2.75, 3.05) is 0 Å². The van der Waals surface area contributed by atoms with E-state index in [0.29, 0.717) is 28.1 Å². The van der Waals surface area contributed by atoms with Gasteiger partial charge in [-0.3, -0.25) is 10.1 Å². The summed E-state index contributed by atoms with van der Waals surface area (Å²) in [4.78, 5) is 11.1. The van der Waals surface area contributed by atoms with E-state index >= 15 is 0 Å². The number of hydrogen-bond acceptors (Lipinski definition) is 3. The van der Waals surface area contributed by atoms with E-state index in [4.69, 9.17) is 32.7 Å². The first-order valence-electron chi connectivity index (χ1n) is 6.89. The molecule has 0 aliphatic carbocycles. The van der Waals surface area contributed by atoms with Gasteiger partial charge in [-0.2, -0.15) is 0 Å². The topological polar surface area (TPSA) is 62.5 Å². The Morgan fingerprint density at radius 2 is 2.00 bits per heavy atom. The maximum Gasteiger partial charge on any atom is 0.320 e. The van der Waals surface area contributed by atoms with Gasteiger partial charge in [0.1, 0.15) is 17.6 Å². The predicted molar refractivity (Wildman–Crippen MR) is 87.3 cm³/mol. The van der Waals surface area contributed by atoms with Gasteiger partial charge in [0.05, 0.1) is 11.6 Å². The van der Waals surface area contributed by atoms with Crippen molar-refractivity contribution in [3.8, 4) is 11.3 Å². The molecular formula is C16H17Cl2NO3. The van der Waals surface area contributed by atoms with Crippen LogP contribution in [-0.4, -0.2) is 17.1 Å². The zero-order valence-electron chi connectivity index (χ0n) is 12.3. The van der Waals surface area contributed by atoms with Crippen molar-refractivity contribution in [3.63, 3.8) is 0 Å². The van der Waals surface area contributed by atoms with E-state index in [-0.39, 0.29) is 5.92 Å². The summed E-state index contributed by atoms with van der Waals surface area (Å²) in [5.74, 6) is 0.378. The van der Waals surface area contributed by atoms with Crippen molar-refractivity contribution < 1.29 is 14.3 Å². The number of benzene rings is 1. The standard InChI is InChI=1S/C16H17Cl2NO3/c1-9(2)15(16(20)21)19-8-11-4-6-14(22-11)12-5-3-10(17)7-13(12)18/h3-7,9,15,19H,8H2,1-2H3,(H,20,21). The molecule has 0 aliphatic rings. The number of aliphatic carboxylic acids is 1. The summed E-state index contributed by atoms with van der Waals surface area (Å²) >= 11 is 12.0. The molecule has 2 rings (SSSR count). The smallest absolute Gasteiger partial charge is 0.320 e. The first-order valence-corrected chi connectivity index (χ1v) is 7.64. The number of nitrogens with one attached hydrogen (secondary N) is 1. The van der Waals surface area contributed by atoms with Gasteiger partial charge in [-0.25, -0.2) is 0 Å². The number of rotatable bonds is 6. The van der Waals surface area contributed by atoms with Gasteiger partial charge in [-0.15, -0.1) is 0 Å². The monoisotopic (exact) mass is 341 g/mol. The molecule has 0 spiro atoms. The second kappa shape index (κ2) is 7.18. The second-order valence-electron chi connectivity index (χ2n) is 5.33. The molecule has 0 fully saturated rings. The van der Waals surface area contributed by atoms with Crippen molar-refractivity contribution >= 4 is 29.2 Å². The predicted octanol–water partition coefficient (Wildman–Crippen LogP) is 4.45. The fourth-order valence-corrected chi connectivity index (χ4v) is 2.63. The van der Waals surface area contributed by atoms with Gasteiger partial charge in [0.15, 0.2) is 0 Å². The summed E-state index contributed by atoms with van der Waals surface area (Å²) in [5, 5.41) is 13.2. The number of furan rings is 1. The Morgan fingerprint density at radius 1 is 1.27 bits per heavy atom. The summed E-state index contributed by atoms with van der Waals surface area (Å²) in [6, 6.07) is 8.16. The summed E-state index contributed by atoms with van der Waals surface area (Å²) in [6.45, 7) is 4.04. The number of carboxylic acid groups (broad SMARTS) is 1. The third-order valence-electron chi connectivity index (χ3n) is 3.29. The number of hydrogen-bond donors (Lipinski definition) is 2. The molecule has 22 heavy (non-hydrogen) atoms. The second-order valence-corrected chi connectivity index (χ2v) is 6.17. The van der Waals surface area contributed by atoms with Crippen LogP contribution in [-0.2, 0) is 11.3 Å².